The van der Waals surface area contributed by atoms with Gasteiger partial charge in [0.05, 0.1) is 32.2 Å². The van der Waals surface area contributed by atoms with Gasteiger partial charge in [0.15, 0.2) is 41.7 Å². The molecule has 0 spiro atoms. The second-order valence-electron chi connectivity index (χ2n) is 14.8. The number of ether oxygens (including phenoxy) is 5. The van der Waals surface area contributed by atoms with Gasteiger partial charge in [0.25, 0.3) is 0 Å². The van der Waals surface area contributed by atoms with E-state index in [1.165, 1.54) is 19.6 Å². The molecule has 0 unspecified atom stereocenters. The average molecular weight is 840 g/mol. The Hall–Kier alpha value is -4.65. The van der Waals surface area contributed by atoms with Crippen molar-refractivity contribution >= 4 is 48.4 Å². The number of rotatable bonds is 26. The largest absolute Gasteiger partial charge is 0.519 e. The Balaban J connectivity index is 1.66. The molecule has 0 bridgehead atoms. The number of esters is 3. The Kier molecular flexibility index (Phi) is 18.5. The van der Waals surface area contributed by atoms with Crippen LogP contribution in [-0.4, -0.2) is 86.9 Å². The summed E-state index contributed by atoms with van der Waals surface area (Å²) in [6, 6.07) is 0. The molecule has 324 valence electrons. The maximum absolute atomic E-state index is 14.7. The predicted molar refractivity (Wildman–Crippen MR) is 210 cm³/mol. The van der Waals surface area contributed by atoms with Crippen molar-refractivity contribution in [3.8, 4) is 0 Å². The lowest BCUT2D eigenvalue weighted by Crippen LogP contribution is -2.54. The zero-order chi connectivity index (χ0) is 42.9. The fourth-order valence-corrected chi connectivity index (χ4v) is 8.09. The van der Waals surface area contributed by atoms with E-state index >= 15 is 0 Å². The summed E-state index contributed by atoms with van der Waals surface area (Å²) in [7, 11) is -3.91. The number of imidazole rings is 1. The summed E-state index contributed by atoms with van der Waals surface area (Å²) in [6.45, 7) is 13.0. The second kappa shape index (κ2) is 22.5. The van der Waals surface area contributed by atoms with Crippen LogP contribution < -0.4 is 21.3 Å². The summed E-state index contributed by atoms with van der Waals surface area (Å²) >= 11 is 0. The number of aromatic nitrogens is 4. The van der Waals surface area contributed by atoms with Gasteiger partial charge in [0.1, 0.15) is 23.8 Å². The van der Waals surface area contributed by atoms with Crippen LogP contribution >= 0.6 is 7.44 Å². The molecule has 0 radical (unpaired) electrons. The fourth-order valence-electron chi connectivity index (χ4n) is 5.45. The minimum atomic E-state index is -3.91. The molecule has 0 aliphatic carbocycles. The number of hydrogen-bond acceptors (Lipinski definition) is 16. The molecule has 1 amide bonds. The van der Waals surface area contributed by atoms with Gasteiger partial charge in [-0.3, -0.25) is 19.5 Å². The van der Waals surface area contributed by atoms with Crippen LogP contribution in [0.2, 0.25) is 0 Å². The van der Waals surface area contributed by atoms with Crippen molar-refractivity contribution in [1.29, 1.82) is 0 Å². The third-order valence-corrected chi connectivity index (χ3v) is 10.9. The topological polar surface area (TPSA) is 255 Å². The summed E-state index contributed by atoms with van der Waals surface area (Å²) in [6.07, 6.45) is 7.87. The number of aryl methyl sites for hydroxylation is 1. The number of amides is 1. The quantitative estimate of drug-likeness (QED) is 0.0390. The van der Waals surface area contributed by atoms with E-state index < -0.39 is 74.0 Å². The van der Waals surface area contributed by atoms with Gasteiger partial charge in [-0.2, -0.15) is 0 Å². The Labute approximate surface area is 337 Å². The maximum Gasteiger partial charge on any atom is 0.519 e. The number of unbranched alkanes of at least 4 members (excludes halogenated alkanes) is 6. The Morgan fingerprint density at radius 1 is 0.845 bits per heavy atom. The highest BCUT2D eigenvalue weighted by Gasteiger charge is 2.43. The average Bonchev–Trinajstić information content (AvgIpc) is 3.72. The van der Waals surface area contributed by atoms with Crippen LogP contribution in [0.1, 0.15) is 111 Å². The molecular weight excluding hydrogens is 781 g/mol. The monoisotopic (exact) mass is 839 g/mol. The minimum absolute atomic E-state index is 0.0108. The molecule has 21 heteroatoms. The summed E-state index contributed by atoms with van der Waals surface area (Å²) in [5, 5.41) is 8.25. The van der Waals surface area contributed by atoms with Crippen LogP contribution in [0.15, 0.2) is 26.3 Å². The van der Waals surface area contributed by atoms with E-state index in [9.17, 15) is 28.5 Å². The Bertz CT molecular complexity index is 1880. The van der Waals surface area contributed by atoms with Crippen molar-refractivity contribution in [3.63, 3.8) is 0 Å². The molecule has 0 aliphatic rings. The lowest BCUT2D eigenvalue weighted by atomic mass is 10.1. The lowest BCUT2D eigenvalue weighted by molar-refractivity contribution is -0.150. The van der Waals surface area contributed by atoms with E-state index in [1.807, 2.05) is 0 Å². The SMILES string of the molecule is CCCCCCOC(=O)C(C)(C)NP(=O)(CO[C@H](C)Cn1cnc2c(NC(=O)OCC(=O)OCc3oc(=O)oc3C)ncnc21)NC(C)(C)C(=O)OCCCCCC. The van der Waals surface area contributed by atoms with Crippen molar-refractivity contribution in [3.05, 3.63) is 34.8 Å². The van der Waals surface area contributed by atoms with Gasteiger partial charge in [-0.25, -0.2) is 39.5 Å². The van der Waals surface area contributed by atoms with E-state index in [0.717, 1.165) is 38.5 Å². The van der Waals surface area contributed by atoms with Crippen LogP contribution in [0.3, 0.4) is 0 Å². The number of nitrogens with zero attached hydrogens (tertiary/aromatic N) is 4. The maximum atomic E-state index is 14.7. The van der Waals surface area contributed by atoms with Gasteiger partial charge in [-0.1, -0.05) is 52.4 Å². The second-order valence-corrected chi connectivity index (χ2v) is 17.0. The number of hydrogen-bond donors (Lipinski definition) is 3. The van der Waals surface area contributed by atoms with E-state index in [4.69, 9.17) is 32.5 Å². The van der Waals surface area contributed by atoms with Crippen molar-refractivity contribution in [2.24, 2.45) is 0 Å². The molecule has 3 heterocycles. The molecule has 0 saturated carbocycles. The normalized spacial score (nSPS) is 12.6. The van der Waals surface area contributed by atoms with Gasteiger partial charge >= 0.3 is 29.8 Å². The molecule has 0 aliphatic heterocycles. The van der Waals surface area contributed by atoms with Gasteiger partial charge < -0.3 is 37.1 Å². The van der Waals surface area contributed by atoms with E-state index in [2.05, 4.69) is 44.3 Å². The third kappa shape index (κ3) is 15.3. The lowest BCUT2D eigenvalue weighted by Gasteiger charge is -2.35. The standard InChI is InChI=1S/C37H58N7O13P/c1-9-11-13-15-17-51-32(46)36(5,6)42-58(50,43-37(7,8)33(47)52-18-16-14-12-10-2)24-55-25(3)19-44-23-40-29-30(38-22-39-31(29)44)41-34(48)54-21-28(45)53-20-27-26(4)56-35(49)57-27/h22-23,25H,9-21,24H2,1-8H3,(H2,42,43,50)(H,38,39,41,48)/t25-/m1/s1. The van der Waals surface area contributed by atoms with Crippen LogP contribution in [0, 0.1) is 6.92 Å². The fraction of sp³-hybridized carbons (Fsp3) is 0.676. The molecule has 0 fully saturated rings. The van der Waals surface area contributed by atoms with E-state index in [1.54, 1.807) is 39.2 Å². The van der Waals surface area contributed by atoms with Crippen LogP contribution in [0.25, 0.3) is 11.2 Å². The first-order valence-corrected chi connectivity index (χ1v) is 21.3. The molecule has 3 aromatic rings. The highest BCUT2D eigenvalue weighted by atomic mass is 31.2. The van der Waals surface area contributed by atoms with Gasteiger partial charge in [0.2, 0.25) is 7.44 Å². The highest BCUT2D eigenvalue weighted by Crippen LogP contribution is 2.42. The Morgan fingerprint density at radius 2 is 1.45 bits per heavy atom. The molecule has 3 rings (SSSR count). The summed E-state index contributed by atoms with van der Waals surface area (Å²) in [5.74, 6) is -2.91. The molecule has 3 N–H and O–H groups in total. The number of nitrogens with one attached hydrogen (secondary N) is 3. The minimum Gasteiger partial charge on any atom is -0.464 e. The van der Waals surface area contributed by atoms with Crippen molar-refractivity contribution in [2.75, 3.05) is 31.5 Å². The van der Waals surface area contributed by atoms with E-state index in [0.29, 0.717) is 18.5 Å². The first kappa shape index (κ1) is 47.7. The first-order chi connectivity index (χ1) is 27.4. The highest BCUT2D eigenvalue weighted by molar-refractivity contribution is 7.59. The molecule has 0 aromatic carbocycles. The van der Waals surface area contributed by atoms with Gasteiger partial charge in [-0.05, 0) is 54.4 Å². The number of anilines is 1. The smallest absolute Gasteiger partial charge is 0.464 e. The third-order valence-electron chi connectivity index (χ3n) is 8.54. The number of carbonyl (C=O) groups is 4. The molecule has 58 heavy (non-hydrogen) atoms. The zero-order valence-corrected chi connectivity index (χ0v) is 35.6. The summed E-state index contributed by atoms with van der Waals surface area (Å²) in [4.78, 5) is 74.7. The molecule has 3 aromatic heterocycles. The van der Waals surface area contributed by atoms with Crippen LogP contribution in [0.4, 0.5) is 10.6 Å². The van der Waals surface area contributed by atoms with Crippen LogP contribution in [-0.2, 0) is 55.8 Å². The summed E-state index contributed by atoms with van der Waals surface area (Å²) < 4.78 is 52.7. The van der Waals surface area contributed by atoms with Gasteiger partial charge in [-0.15, -0.1) is 0 Å². The van der Waals surface area contributed by atoms with E-state index in [-0.39, 0.29) is 42.6 Å². The molecule has 20 nitrogen and oxygen atoms in total. The molecule has 1 atom stereocenters. The van der Waals surface area contributed by atoms with Crippen molar-refractivity contribution < 1.29 is 56.3 Å². The summed E-state index contributed by atoms with van der Waals surface area (Å²) in [5.41, 5.74) is -2.36. The predicted octanol–water partition coefficient (Wildman–Crippen LogP) is 5.51. The van der Waals surface area contributed by atoms with Crippen molar-refractivity contribution in [2.45, 2.75) is 137 Å². The zero-order valence-electron chi connectivity index (χ0n) is 34.7. The van der Waals surface area contributed by atoms with Crippen molar-refractivity contribution in [1.82, 2.24) is 29.7 Å². The number of fused-ring (bicyclic) bond motifs is 1. The Morgan fingerprint density at radius 3 is 2.00 bits per heavy atom. The molecular formula is C37H58N7O13P. The van der Waals surface area contributed by atoms with Gasteiger partial charge in [0, 0.05) is 0 Å². The van der Waals surface area contributed by atoms with Crippen LogP contribution in [0.5, 0.6) is 0 Å². The number of carbonyl (C=O) groups excluding carboxylic acids is 4. The first-order valence-electron chi connectivity index (χ1n) is 19.4. The molecule has 0 saturated heterocycles.